The third kappa shape index (κ3) is 3.32. The lowest BCUT2D eigenvalue weighted by molar-refractivity contribution is -0.145. The SMILES string of the molecule is CC(C)(C)[S@+]([O-])N[C@@](C(=O)O)(c1cc(Br)ccc1F)C1CC1. The molecular weight excluding hydrogens is 373 g/mol. The van der Waals surface area contributed by atoms with Crippen molar-refractivity contribution < 1.29 is 18.8 Å². The Kier molecular flexibility index (Phi) is 4.92. The van der Waals surface area contributed by atoms with Crippen LogP contribution in [0.15, 0.2) is 22.7 Å². The Labute approximate surface area is 140 Å². The Morgan fingerprint density at radius 1 is 1.45 bits per heavy atom. The van der Waals surface area contributed by atoms with Crippen LogP contribution >= 0.6 is 15.9 Å². The summed E-state index contributed by atoms with van der Waals surface area (Å²) < 4.78 is 29.5. The van der Waals surface area contributed by atoms with E-state index in [4.69, 9.17) is 0 Å². The zero-order valence-corrected chi connectivity index (χ0v) is 15.1. The van der Waals surface area contributed by atoms with Gasteiger partial charge in [0, 0.05) is 21.4 Å². The van der Waals surface area contributed by atoms with Gasteiger partial charge in [0.15, 0.2) is 5.54 Å². The molecule has 22 heavy (non-hydrogen) atoms. The van der Waals surface area contributed by atoms with Crippen LogP contribution < -0.4 is 4.72 Å². The molecule has 1 aliphatic rings. The van der Waals surface area contributed by atoms with Gasteiger partial charge in [-0.15, -0.1) is 4.72 Å². The topological polar surface area (TPSA) is 72.4 Å². The molecule has 7 heteroatoms. The van der Waals surface area contributed by atoms with Gasteiger partial charge in [0.1, 0.15) is 10.6 Å². The fourth-order valence-corrected chi connectivity index (χ4v) is 3.63. The molecule has 2 N–H and O–H groups in total. The first-order valence-corrected chi connectivity index (χ1v) is 8.92. The van der Waals surface area contributed by atoms with Crippen LogP contribution in [0.1, 0.15) is 39.2 Å². The highest BCUT2D eigenvalue weighted by Gasteiger charge is 2.58. The first kappa shape index (κ1) is 17.7. The lowest BCUT2D eigenvalue weighted by Gasteiger charge is -2.35. The second-order valence-corrected chi connectivity index (χ2v) is 9.38. The number of aliphatic carboxylic acids is 1. The van der Waals surface area contributed by atoms with Crippen LogP contribution in [0.5, 0.6) is 0 Å². The van der Waals surface area contributed by atoms with Crippen molar-refractivity contribution in [1.82, 2.24) is 4.72 Å². The van der Waals surface area contributed by atoms with Crippen molar-refractivity contribution in [3.05, 3.63) is 34.1 Å². The largest absolute Gasteiger partial charge is 0.598 e. The average Bonchev–Trinajstić information content (AvgIpc) is 3.22. The van der Waals surface area contributed by atoms with Gasteiger partial charge in [-0.3, -0.25) is 0 Å². The Hall–Kier alpha value is -0.630. The van der Waals surface area contributed by atoms with Gasteiger partial charge in [-0.2, -0.15) is 0 Å². The standard InChI is InChI=1S/C15H19BrFNO3S/c1-14(2,3)22(21)18-15(13(19)20,9-4-5-9)11-8-10(16)6-7-12(11)17/h6-9,18H,4-5H2,1-3H3,(H,19,20)/t15-,22+/m1/s1. The van der Waals surface area contributed by atoms with Crippen molar-refractivity contribution >= 4 is 33.3 Å². The van der Waals surface area contributed by atoms with Gasteiger partial charge in [0.2, 0.25) is 0 Å². The zero-order valence-electron chi connectivity index (χ0n) is 12.7. The summed E-state index contributed by atoms with van der Waals surface area (Å²) in [6.45, 7) is 5.23. The molecular formula is C15H19BrFNO3S. The molecule has 0 aromatic heterocycles. The summed E-state index contributed by atoms with van der Waals surface area (Å²) in [5.74, 6) is -2.10. The van der Waals surface area contributed by atoms with Crippen LogP contribution in [0, 0.1) is 11.7 Å². The summed E-state index contributed by atoms with van der Waals surface area (Å²) in [5, 5.41) is 9.84. The van der Waals surface area contributed by atoms with Gasteiger partial charge in [0.05, 0.1) is 0 Å². The number of nitrogens with one attached hydrogen (secondary N) is 1. The third-order valence-electron chi connectivity index (χ3n) is 3.69. The normalized spacial score (nSPS) is 19.5. The molecule has 1 aromatic rings. The fraction of sp³-hybridized carbons (Fsp3) is 0.533. The van der Waals surface area contributed by atoms with Crippen LogP contribution in [-0.4, -0.2) is 20.4 Å². The Morgan fingerprint density at radius 2 is 2.05 bits per heavy atom. The molecule has 2 atom stereocenters. The predicted molar refractivity (Wildman–Crippen MR) is 87.2 cm³/mol. The van der Waals surface area contributed by atoms with E-state index in [1.54, 1.807) is 20.8 Å². The average molecular weight is 392 g/mol. The van der Waals surface area contributed by atoms with Gasteiger partial charge < -0.3 is 9.66 Å². The lowest BCUT2D eigenvalue weighted by atomic mass is 9.85. The van der Waals surface area contributed by atoms with Crippen molar-refractivity contribution in [3.8, 4) is 0 Å². The number of carbonyl (C=O) groups is 1. The summed E-state index contributed by atoms with van der Waals surface area (Å²) in [7, 11) is 0. The Balaban J connectivity index is 2.55. The Bertz CT molecular complexity index is 589. The number of rotatable bonds is 5. The maximum Gasteiger partial charge on any atom is 0.333 e. The molecule has 0 radical (unpaired) electrons. The van der Waals surface area contributed by atoms with Crippen LogP contribution in [0.25, 0.3) is 0 Å². The quantitative estimate of drug-likeness (QED) is 0.754. The van der Waals surface area contributed by atoms with E-state index >= 15 is 0 Å². The number of carboxylic acid groups (broad SMARTS) is 1. The number of halogens is 2. The lowest BCUT2D eigenvalue weighted by Crippen LogP contribution is -2.57. The third-order valence-corrected chi connectivity index (χ3v) is 5.80. The van der Waals surface area contributed by atoms with Crippen molar-refractivity contribution in [2.45, 2.75) is 43.9 Å². The first-order valence-electron chi connectivity index (χ1n) is 6.97. The summed E-state index contributed by atoms with van der Waals surface area (Å²) in [6.07, 6.45) is 1.32. The molecule has 0 aliphatic heterocycles. The molecule has 4 nitrogen and oxygen atoms in total. The number of hydrogen-bond acceptors (Lipinski definition) is 3. The first-order chi connectivity index (χ1) is 10.1. The fourth-order valence-electron chi connectivity index (χ4n) is 2.31. The molecule has 2 rings (SSSR count). The summed E-state index contributed by atoms with van der Waals surface area (Å²) in [4.78, 5) is 12.1. The minimum Gasteiger partial charge on any atom is -0.598 e. The number of benzene rings is 1. The van der Waals surface area contributed by atoms with E-state index < -0.39 is 33.4 Å². The van der Waals surface area contributed by atoms with Crippen LogP contribution in [0.2, 0.25) is 0 Å². The highest BCUT2D eigenvalue weighted by atomic mass is 79.9. The van der Waals surface area contributed by atoms with E-state index in [9.17, 15) is 18.8 Å². The van der Waals surface area contributed by atoms with Crippen LogP contribution in [0.3, 0.4) is 0 Å². The summed E-state index contributed by atoms with van der Waals surface area (Å²) in [6, 6.07) is 4.19. The van der Waals surface area contributed by atoms with Crippen LogP contribution in [-0.2, 0) is 21.7 Å². The van der Waals surface area contributed by atoms with Crippen molar-refractivity contribution in [2.75, 3.05) is 0 Å². The molecule has 1 aliphatic carbocycles. The highest BCUT2D eigenvalue weighted by Crippen LogP contribution is 2.48. The second-order valence-electron chi connectivity index (χ2n) is 6.49. The number of carboxylic acids is 1. The van der Waals surface area contributed by atoms with Gasteiger partial charge in [0.25, 0.3) is 0 Å². The maximum absolute atomic E-state index is 14.3. The maximum atomic E-state index is 14.3. The molecule has 122 valence electrons. The van der Waals surface area contributed by atoms with Crippen molar-refractivity contribution in [2.24, 2.45) is 5.92 Å². The van der Waals surface area contributed by atoms with Gasteiger partial charge in [-0.25, -0.2) is 9.18 Å². The van der Waals surface area contributed by atoms with E-state index in [1.807, 2.05) is 0 Å². The molecule has 0 amide bonds. The summed E-state index contributed by atoms with van der Waals surface area (Å²) >= 11 is 1.61. The summed E-state index contributed by atoms with van der Waals surface area (Å²) in [5.41, 5.74) is -1.65. The van der Waals surface area contributed by atoms with E-state index in [1.165, 1.54) is 18.2 Å². The van der Waals surface area contributed by atoms with Gasteiger partial charge in [-0.05, 0) is 57.7 Å². The molecule has 1 saturated carbocycles. The minimum absolute atomic E-state index is 0.0227. The van der Waals surface area contributed by atoms with Crippen molar-refractivity contribution in [1.29, 1.82) is 0 Å². The van der Waals surface area contributed by atoms with E-state index in [2.05, 4.69) is 20.7 Å². The number of hydrogen-bond donors (Lipinski definition) is 2. The minimum atomic E-state index is -1.67. The molecule has 0 spiro atoms. The molecule has 0 bridgehead atoms. The predicted octanol–water partition coefficient (Wildman–Crippen LogP) is 3.33. The van der Waals surface area contributed by atoms with Gasteiger partial charge >= 0.3 is 5.97 Å². The molecule has 0 saturated heterocycles. The van der Waals surface area contributed by atoms with Crippen LogP contribution in [0.4, 0.5) is 4.39 Å². The van der Waals surface area contributed by atoms with E-state index in [-0.39, 0.29) is 11.5 Å². The molecule has 0 unspecified atom stereocenters. The zero-order chi connectivity index (χ0) is 16.7. The molecule has 1 aromatic carbocycles. The molecule has 0 heterocycles. The van der Waals surface area contributed by atoms with E-state index in [0.29, 0.717) is 17.3 Å². The Morgan fingerprint density at radius 3 is 2.50 bits per heavy atom. The monoisotopic (exact) mass is 391 g/mol. The van der Waals surface area contributed by atoms with Crippen molar-refractivity contribution in [3.63, 3.8) is 0 Å². The van der Waals surface area contributed by atoms with E-state index in [0.717, 1.165) is 0 Å². The smallest absolute Gasteiger partial charge is 0.333 e. The molecule has 1 fully saturated rings. The highest BCUT2D eigenvalue weighted by molar-refractivity contribution is 9.10. The second kappa shape index (κ2) is 6.11. The van der Waals surface area contributed by atoms with Gasteiger partial charge in [-0.1, -0.05) is 15.9 Å².